The third kappa shape index (κ3) is 58.9. The lowest BCUT2D eigenvalue weighted by atomic mass is 10.0. The molecule has 2 atom stereocenters. The highest BCUT2D eigenvalue weighted by atomic mass is 16.7. The summed E-state index contributed by atoms with van der Waals surface area (Å²) >= 11 is 0. The molecule has 0 radical (unpaired) electrons. The number of carboxylic acids is 1. The van der Waals surface area contributed by atoms with Crippen molar-refractivity contribution in [3.63, 3.8) is 0 Å². The summed E-state index contributed by atoms with van der Waals surface area (Å²) < 4.78 is 22.8. The number of allylic oxidation sites excluding steroid dienone is 8. The van der Waals surface area contributed by atoms with Crippen LogP contribution in [-0.2, 0) is 33.3 Å². The van der Waals surface area contributed by atoms with E-state index in [4.69, 9.17) is 18.9 Å². The zero-order chi connectivity index (χ0) is 55.5. The summed E-state index contributed by atoms with van der Waals surface area (Å²) in [6, 6.07) is 0. The second-order valence-electron chi connectivity index (χ2n) is 23.1. The molecule has 0 aliphatic heterocycles. The van der Waals surface area contributed by atoms with Gasteiger partial charge < -0.3 is 28.5 Å². The van der Waals surface area contributed by atoms with Gasteiger partial charge >= 0.3 is 17.9 Å². The van der Waals surface area contributed by atoms with Crippen molar-refractivity contribution in [2.75, 3.05) is 47.5 Å². The van der Waals surface area contributed by atoms with Crippen molar-refractivity contribution in [2.24, 2.45) is 0 Å². The summed E-state index contributed by atoms with van der Waals surface area (Å²) in [6.07, 6.45) is 71.1. The predicted molar refractivity (Wildman–Crippen MR) is 323 cm³/mol. The van der Waals surface area contributed by atoms with Gasteiger partial charge in [0.05, 0.1) is 34.4 Å². The summed E-state index contributed by atoms with van der Waals surface area (Å²) in [4.78, 5) is 37.4. The Labute approximate surface area is 470 Å². The Bertz CT molecular complexity index is 1380. The lowest BCUT2D eigenvalue weighted by Crippen LogP contribution is -2.40. The van der Waals surface area contributed by atoms with Gasteiger partial charge in [-0.2, -0.15) is 0 Å². The number of unbranched alkanes of at least 4 members (excludes halogenated alkanes) is 37. The van der Waals surface area contributed by atoms with Gasteiger partial charge in [-0.25, -0.2) is 4.79 Å². The molecule has 2 unspecified atom stereocenters. The van der Waals surface area contributed by atoms with Gasteiger partial charge in [-0.3, -0.25) is 9.59 Å². The molecule has 0 heterocycles. The van der Waals surface area contributed by atoms with E-state index in [0.717, 1.165) is 57.8 Å². The van der Waals surface area contributed by atoms with E-state index in [1.807, 2.05) is 21.1 Å². The van der Waals surface area contributed by atoms with Crippen LogP contribution in [0.25, 0.3) is 0 Å². The zero-order valence-electron chi connectivity index (χ0n) is 50.7. The normalized spacial score (nSPS) is 13.0. The lowest BCUT2D eigenvalue weighted by molar-refractivity contribution is -0.870. The third-order valence-electron chi connectivity index (χ3n) is 14.3. The first kappa shape index (κ1) is 73.2. The van der Waals surface area contributed by atoms with Crippen molar-refractivity contribution in [1.82, 2.24) is 0 Å². The van der Waals surface area contributed by atoms with Crippen LogP contribution in [0.2, 0.25) is 0 Å². The number of carbonyl (C=O) groups is 3. The SMILES string of the molecule is CC/C=C\C/C=C\C/C=C\C/C=C\CCCCC(=O)OC(COC(=O)CCCCCCCCCCCCCCCCCCCCCCCCCCCCCCCCCCCCCC)COC(OCC[N+](C)(C)C)C(=O)O. The van der Waals surface area contributed by atoms with Crippen LogP contribution < -0.4 is 0 Å². The average molecular weight is 1070 g/mol. The van der Waals surface area contributed by atoms with Crippen LogP contribution in [0.5, 0.6) is 0 Å². The number of hydrogen-bond acceptors (Lipinski definition) is 7. The molecule has 0 saturated carbocycles. The van der Waals surface area contributed by atoms with E-state index < -0.39 is 24.3 Å². The van der Waals surface area contributed by atoms with Crippen molar-refractivity contribution >= 4 is 17.9 Å². The Morgan fingerprint density at radius 1 is 0.408 bits per heavy atom. The van der Waals surface area contributed by atoms with E-state index >= 15 is 0 Å². The fourth-order valence-corrected chi connectivity index (χ4v) is 9.42. The second kappa shape index (κ2) is 58.4. The molecule has 0 spiro atoms. The Kier molecular flexibility index (Phi) is 56.3. The van der Waals surface area contributed by atoms with Gasteiger partial charge in [0, 0.05) is 12.8 Å². The van der Waals surface area contributed by atoms with Gasteiger partial charge in [0.1, 0.15) is 13.2 Å². The quantitative estimate of drug-likeness (QED) is 0.0211. The van der Waals surface area contributed by atoms with E-state index in [2.05, 4.69) is 62.5 Å². The Morgan fingerprint density at radius 3 is 1.12 bits per heavy atom. The molecule has 0 amide bonds. The average Bonchev–Trinajstić information content (AvgIpc) is 3.39. The number of hydrogen-bond donors (Lipinski definition) is 1. The van der Waals surface area contributed by atoms with Crippen LogP contribution >= 0.6 is 0 Å². The van der Waals surface area contributed by atoms with Crippen molar-refractivity contribution in [3.8, 4) is 0 Å². The Morgan fingerprint density at radius 2 is 0.750 bits per heavy atom. The fraction of sp³-hybridized carbons (Fsp3) is 0.836. The van der Waals surface area contributed by atoms with E-state index in [-0.39, 0.29) is 32.2 Å². The molecule has 9 nitrogen and oxygen atoms in total. The summed E-state index contributed by atoms with van der Waals surface area (Å²) in [6.45, 7) is 4.75. The number of likely N-dealkylation sites (N-methyl/N-ethyl adjacent to an activating group) is 1. The highest BCUT2D eigenvalue weighted by Crippen LogP contribution is 2.18. The van der Waals surface area contributed by atoms with Gasteiger partial charge in [-0.1, -0.05) is 287 Å². The molecule has 1 N–H and O–H groups in total. The first-order valence-electron chi connectivity index (χ1n) is 32.3. The van der Waals surface area contributed by atoms with Crippen molar-refractivity contribution in [2.45, 2.75) is 315 Å². The molecule has 0 aromatic carbocycles. The van der Waals surface area contributed by atoms with Crippen LogP contribution in [0.15, 0.2) is 48.6 Å². The summed E-state index contributed by atoms with van der Waals surface area (Å²) in [5.41, 5.74) is 0. The minimum atomic E-state index is -1.52. The number of aliphatic carboxylic acids is 1. The molecule has 0 aromatic rings. The molecular formula is C67H124NO8+. The van der Waals surface area contributed by atoms with Crippen molar-refractivity contribution in [3.05, 3.63) is 48.6 Å². The summed E-state index contributed by atoms with van der Waals surface area (Å²) in [5.74, 6) is -2.05. The van der Waals surface area contributed by atoms with Crippen LogP contribution in [0.4, 0.5) is 0 Å². The van der Waals surface area contributed by atoms with Crippen LogP contribution in [0.3, 0.4) is 0 Å². The first-order chi connectivity index (χ1) is 37.1. The number of ether oxygens (including phenoxy) is 4. The fourth-order valence-electron chi connectivity index (χ4n) is 9.42. The van der Waals surface area contributed by atoms with Crippen molar-refractivity contribution < 1.29 is 42.9 Å². The lowest BCUT2D eigenvalue weighted by Gasteiger charge is -2.25. The molecule has 9 heteroatoms. The van der Waals surface area contributed by atoms with Gasteiger partial charge in [0.2, 0.25) is 0 Å². The maximum Gasteiger partial charge on any atom is 0.361 e. The monoisotopic (exact) mass is 1070 g/mol. The van der Waals surface area contributed by atoms with Gasteiger partial charge in [-0.15, -0.1) is 0 Å². The molecule has 0 rings (SSSR count). The largest absolute Gasteiger partial charge is 0.477 e. The molecule has 444 valence electrons. The number of nitrogens with zero attached hydrogens (tertiary/aromatic N) is 1. The minimum Gasteiger partial charge on any atom is -0.477 e. The Hall–Kier alpha value is -2.75. The molecule has 76 heavy (non-hydrogen) atoms. The number of esters is 2. The Balaban J connectivity index is 3.98. The molecule has 0 aliphatic rings. The topological polar surface area (TPSA) is 108 Å². The summed E-state index contributed by atoms with van der Waals surface area (Å²) in [7, 11) is 5.96. The van der Waals surface area contributed by atoms with Gasteiger partial charge in [-0.05, 0) is 51.4 Å². The second-order valence-corrected chi connectivity index (χ2v) is 23.1. The van der Waals surface area contributed by atoms with Crippen molar-refractivity contribution in [1.29, 1.82) is 0 Å². The van der Waals surface area contributed by atoms with E-state index in [0.29, 0.717) is 23.9 Å². The summed E-state index contributed by atoms with van der Waals surface area (Å²) in [5, 5.41) is 9.69. The molecular weight excluding hydrogens is 947 g/mol. The number of quaternary nitrogens is 1. The molecule has 0 saturated heterocycles. The zero-order valence-corrected chi connectivity index (χ0v) is 50.7. The maximum absolute atomic E-state index is 12.8. The number of rotatable bonds is 60. The van der Waals surface area contributed by atoms with Crippen LogP contribution in [-0.4, -0.2) is 87.4 Å². The van der Waals surface area contributed by atoms with Gasteiger partial charge in [0.25, 0.3) is 6.29 Å². The molecule has 0 aromatic heterocycles. The molecule has 0 fully saturated rings. The predicted octanol–water partition coefficient (Wildman–Crippen LogP) is 19.4. The first-order valence-corrected chi connectivity index (χ1v) is 32.3. The van der Waals surface area contributed by atoms with E-state index in [1.165, 1.54) is 212 Å². The number of carboxylic acid groups (broad SMARTS) is 1. The highest BCUT2D eigenvalue weighted by molar-refractivity contribution is 5.71. The van der Waals surface area contributed by atoms with Gasteiger partial charge in [0.15, 0.2) is 6.10 Å². The van der Waals surface area contributed by atoms with Crippen LogP contribution in [0.1, 0.15) is 303 Å². The molecule has 0 bridgehead atoms. The minimum absolute atomic E-state index is 0.180. The van der Waals surface area contributed by atoms with E-state index in [1.54, 1.807) is 0 Å². The standard InChI is InChI=1S/C67H123NO8/c1-6-8-10-12-14-16-18-20-22-23-24-25-26-27-28-29-30-31-32-33-34-35-36-37-38-39-40-41-42-44-45-47-49-51-53-55-57-64(69)74-61-63(62-75-67(66(71)72)73-60-59-68(3,4)5)76-65(70)58-56-54-52-50-48-46-43-21-19-17-15-13-11-9-7-2/h9,11,15,17,21,43,48,50,63,67H,6-8,10,12-14,16,18-20,22-42,44-47,49,51-62H2,1-5H3/p+1/b11-9-,17-15-,43-21-,50-48-. The molecule has 0 aliphatic carbocycles. The third-order valence-corrected chi connectivity index (χ3v) is 14.3. The van der Waals surface area contributed by atoms with E-state index in [9.17, 15) is 19.5 Å². The number of carbonyl (C=O) groups excluding carboxylic acids is 2. The highest BCUT2D eigenvalue weighted by Gasteiger charge is 2.25. The smallest absolute Gasteiger partial charge is 0.361 e. The maximum atomic E-state index is 12.8. The van der Waals surface area contributed by atoms with Crippen LogP contribution in [0, 0.1) is 0 Å².